The topological polar surface area (TPSA) is 113 Å². The Hall–Kier alpha value is -2.03. The summed E-state index contributed by atoms with van der Waals surface area (Å²) in [4.78, 5) is 22.1. The van der Waals surface area contributed by atoms with Gasteiger partial charge in [0.05, 0.1) is 25.4 Å². The number of nitrogens with zero attached hydrogens (tertiary/aromatic N) is 3. The lowest BCUT2D eigenvalue weighted by Gasteiger charge is -2.34. The monoisotopic (exact) mass is 294 g/mol. The first kappa shape index (κ1) is 15.4. The number of aliphatic hydroxyl groups is 2. The number of imidazole rings is 1. The Bertz CT molecular complexity index is 693. The Balaban J connectivity index is 2.39. The Kier molecular flexibility index (Phi) is 4.21. The number of hydrogen-bond donors (Lipinski definition) is 3. The molecule has 0 aliphatic heterocycles. The van der Waals surface area contributed by atoms with Crippen LogP contribution >= 0.6 is 0 Å². The molecule has 0 spiro atoms. The average Bonchev–Trinajstić information content (AvgIpc) is 2.90. The molecule has 8 heteroatoms. The average molecular weight is 294 g/mol. The van der Waals surface area contributed by atoms with Gasteiger partial charge in [-0.25, -0.2) is 9.97 Å². The minimum atomic E-state index is -1.31. The van der Waals surface area contributed by atoms with Gasteiger partial charge in [0, 0.05) is 0 Å². The van der Waals surface area contributed by atoms with Gasteiger partial charge in [0.2, 0.25) is 0 Å². The fraction of sp³-hybridized carbons (Fsp3) is 0.462. The van der Waals surface area contributed by atoms with Crippen LogP contribution in [0, 0.1) is 0 Å². The fourth-order valence-electron chi connectivity index (χ4n) is 2.05. The van der Waals surface area contributed by atoms with Gasteiger partial charge in [0.1, 0.15) is 11.8 Å². The van der Waals surface area contributed by atoms with Gasteiger partial charge in [0.15, 0.2) is 11.2 Å². The van der Waals surface area contributed by atoms with Gasteiger partial charge in [-0.3, -0.25) is 9.36 Å². The molecular formula is C13H18N4O4. The first-order chi connectivity index (χ1) is 9.95. The molecule has 0 aromatic carbocycles. The van der Waals surface area contributed by atoms with Gasteiger partial charge in [-0.15, -0.1) is 6.58 Å². The molecule has 0 fully saturated rings. The van der Waals surface area contributed by atoms with Gasteiger partial charge in [-0.2, -0.15) is 0 Å². The molecule has 0 amide bonds. The van der Waals surface area contributed by atoms with Crippen LogP contribution in [-0.4, -0.2) is 48.0 Å². The van der Waals surface area contributed by atoms with E-state index >= 15 is 0 Å². The third-order valence-electron chi connectivity index (χ3n) is 3.45. The molecule has 114 valence electrons. The van der Waals surface area contributed by atoms with E-state index in [1.165, 1.54) is 25.7 Å². The van der Waals surface area contributed by atoms with Crippen molar-refractivity contribution in [2.45, 2.75) is 31.8 Å². The van der Waals surface area contributed by atoms with Gasteiger partial charge >= 0.3 is 0 Å². The molecule has 0 radical (unpaired) electrons. The molecule has 0 aliphatic rings. The number of aromatic nitrogens is 4. The lowest BCUT2D eigenvalue weighted by Crippen LogP contribution is -2.46. The van der Waals surface area contributed by atoms with Crippen LogP contribution in [0.25, 0.3) is 11.2 Å². The lowest BCUT2D eigenvalue weighted by molar-refractivity contribution is -0.158. The zero-order chi connectivity index (χ0) is 15.6. The molecule has 3 atom stereocenters. The molecule has 2 aromatic rings. The van der Waals surface area contributed by atoms with E-state index in [4.69, 9.17) is 4.74 Å². The summed E-state index contributed by atoms with van der Waals surface area (Å²) >= 11 is 0. The van der Waals surface area contributed by atoms with Gasteiger partial charge in [0.25, 0.3) is 5.56 Å². The van der Waals surface area contributed by atoms with Gasteiger partial charge < -0.3 is 19.9 Å². The second-order valence-corrected chi connectivity index (χ2v) is 4.77. The van der Waals surface area contributed by atoms with E-state index in [2.05, 4.69) is 21.5 Å². The van der Waals surface area contributed by atoms with E-state index in [9.17, 15) is 15.0 Å². The van der Waals surface area contributed by atoms with Crippen LogP contribution in [0.4, 0.5) is 0 Å². The number of aliphatic hydroxyl groups excluding tert-OH is 2. The molecule has 3 N–H and O–H groups in total. The van der Waals surface area contributed by atoms with E-state index in [0.29, 0.717) is 5.65 Å². The zero-order valence-electron chi connectivity index (χ0n) is 11.9. The summed E-state index contributed by atoms with van der Waals surface area (Å²) in [6.45, 7) is 6.36. The largest absolute Gasteiger partial charge is 0.393 e. The number of hydrogen-bond acceptors (Lipinski definition) is 6. The maximum atomic E-state index is 11.6. The summed E-state index contributed by atoms with van der Waals surface area (Å²) in [5.74, 6) is 0. The van der Waals surface area contributed by atoms with Crippen molar-refractivity contribution in [3.8, 4) is 0 Å². The summed E-state index contributed by atoms with van der Waals surface area (Å²) in [6.07, 6.45) is 2.47. The molecule has 0 saturated carbocycles. The number of nitrogens with one attached hydrogen (secondary N) is 1. The molecule has 0 unspecified atom stereocenters. The predicted molar refractivity (Wildman–Crippen MR) is 75.6 cm³/mol. The number of ether oxygens (including phenoxy) is 1. The molecule has 2 aromatic heterocycles. The summed E-state index contributed by atoms with van der Waals surface area (Å²) in [6, 6.07) is 0. The first-order valence-corrected chi connectivity index (χ1v) is 6.45. The van der Waals surface area contributed by atoms with Crippen molar-refractivity contribution in [1.82, 2.24) is 19.5 Å². The smallest absolute Gasteiger partial charge is 0.278 e. The lowest BCUT2D eigenvalue weighted by atomic mass is 9.99. The van der Waals surface area contributed by atoms with Crippen molar-refractivity contribution in [2.75, 3.05) is 6.61 Å². The van der Waals surface area contributed by atoms with Crippen molar-refractivity contribution in [2.24, 2.45) is 0 Å². The summed E-state index contributed by atoms with van der Waals surface area (Å²) < 4.78 is 7.29. The Morgan fingerprint density at radius 1 is 1.57 bits per heavy atom. The second kappa shape index (κ2) is 5.76. The SMILES string of the molecule is C=C[C@](CO)(O[C@H](C)n1cnc2c(=O)[nH]cnc21)[C@H](C)O. The Morgan fingerprint density at radius 2 is 2.29 bits per heavy atom. The standard InChI is InChI=1S/C13H18N4O4/c1-4-13(5-18,8(2)19)21-9(3)17-7-16-10-11(17)14-6-15-12(10)20/h4,6-9,18-19H,1,5H2,2-3H3,(H,14,15,20)/t8-,9+,13+/m0/s1. The second-order valence-electron chi connectivity index (χ2n) is 4.77. The van der Waals surface area contributed by atoms with Crippen molar-refractivity contribution in [1.29, 1.82) is 0 Å². The number of fused-ring (bicyclic) bond motifs is 1. The van der Waals surface area contributed by atoms with Crippen LogP contribution in [0.3, 0.4) is 0 Å². The van der Waals surface area contributed by atoms with Crippen molar-refractivity contribution < 1.29 is 14.9 Å². The van der Waals surface area contributed by atoms with E-state index in [0.717, 1.165) is 0 Å². The molecule has 0 bridgehead atoms. The molecule has 21 heavy (non-hydrogen) atoms. The van der Waals surface area contributed by atoms with Gasteiger partial charge in [-0.1, -0.05) is 6.08 Å². The molecule has 0 saturated heterocycles. The normalized spacial score (nSPS) is 17.3. The quantitative estimate of drug-likeness (QED) is 0.644. The first-order valence-electron chi connectivity index (χ1n) is 6.45. The Labute approximate surface area is 120 Å². The number of aromatic amines is 1. The highest BCUT2D eigenvalue weighted by molar-refractivity contribution is 5.68. The molecular weight excluding hydrogens is 276 g/mol. The number of rotatable bonds is 6. The minimum absolute atomic E-state index is 0.193. The van der Waals surface area contributed by atoms with Crippen LogP contribution in [0.5, 0.6) is 0 Å². The van der Waals surface area contributed by atoms with Crippen LogP contribution in [0.1, 0.15) is 20.1 Å². The predicted octanol–water partition coefficient (Wildman–Crippen LogP) is -0.0474. The minimum Gasteiger partial charge on any atom is -0.393 e. The highest BCUT2D eigenvalue weighted by Crippen LogP contribution is 2.25. The van der Waals surface area contributed by atoms with E-state index in [-0.39, 0.29) is 11.1 Å². The zero-order valence-corrected chi connectivity index (χ0v) is 11.9. The van der Waals surface area contributed by atoms with E-state index < -0.39 is 24.5 Å². The number of H-pyrrole nitrogens is 1. The maximum Gasteiger partial charge on any atom is 0.278 e. The third-order valence-corrected chi connectivity index (χ3v) is 3.45. The summed E-state index contributed by atoms with van der Waals surface area (Å²) in [7, 11) is 0. The van der Waals surface area contributed by atoms with Crippen LogP contribution in [0.15, 0.2) is 30.1 Å². The maximum absolute atomic E-state index is 11.6. The van der Waals surface area contributed by atoms with Crippen LogP contribution < -0.4 is 5.56 Å². The van der Waals surface area contributed by atoms with E-state index in [1.807, 2.05) is 0 Å². The van der Waals surface area contributed by atoms with Crippen molar-refractivity contribution >= 4 is 11.2 Å². The molecule has 2 rings (SSSR count). The third kappa shape index (κ3) is 2.60. The summed E-state index contributed by atoms with van der Waals surface area (Å²) in [5.41, 5.74) is -1.11. The Morgan fingerprint density at radius 3 is 2.86 bits per heavy atom. The highest BCUT2D eigenvalue weighted by atomic mass is 16.5. The van der Waals surface area contributed by atoms with Gasteiger partial charge in [-0.05, 0) is 13.8 Å². The van der Waals surface area contributed by atoms with Crippen LogP contribution in [0.2, 0.25) is 0 Å². The van der Waals surface area contributed by atoms with Crippen molar-refractivity contribution in [3.63, 3.8) is 0 Å². The fourth-order valence-corrected chi connectivity index (χ4v) is 2.05. The molecule has 2 heterocycles. The molecule has 8 nitrogen and oxygen atoms in total. The summed E-state index contributed by atoms with van der Waals surface area (Å²) in [5, 5.41) is 19.3. The van der Waals surface area contributed by atoms with Crippen molar-refractivity contribution in [3.05, 3.63) is 35.7 Å². The highest BCUT2D eigenvalue weighted by Gasteiger charge is 2.35. The van der Waals surface area contributed by atoms with E-state index in [1.54, 1.807) is 11.5 Å². The molecule has 0 aliphatic carbocycles. The van der Waals surface area contributed by atoms with Crippen LogP contribution in [-0.2, 0) is 4.74 Å².